The molecule has 0 bridgehead atoms. The first-order valence-corrected chi connectivity index (χ1v) is 13.8. The normalized spacial score (nSPS) is 11.5. The highest BCUT2D eigenvalue weighted by molar-refractivity contribution is 6.10. The number of aryl methyl sites for hydroxylation is 1. The second kappa shape index (κ2) is 10.2. The molecule has 7 rings (SSSR count). The zero-order chi connectivity index (χ0) is 30.7. The first kappa shape index (κ1) is 27.2. The van der Waals surface area contributed by atoms with Crippen LogP contribution in [0.4, 0.5) is 0 Å². The Labute approximate surface area is 250 Å². The van der Waals surface area contributed by atoms with Crippen molar-refractivity contribution in [2.24, 2.45) is 7.05 Å². The molecule has 0 aliphatic heterocycles. The summed E-state index contributed by atoms with van der Waals surface area (Å²) < 4.78 is 35.3. The molecule has 0 fully saturated rings. The Morgan fingerprint density at radius 2 is 0.955 bits per heavy atom. The number of benzene rings is 4. The van der Waals surface area contributed by atoms with Crippen molar-refractivity contribution in [3.8, 4) is 45.3 Å². The predicted molar refractivity (Wildman–Crippen MR) is 170 cm³/mol. The number of nitrogens with zero attached hydrogens (tertiary/aromatic N) is 1. The Hall–Kier alpha value is -5.70. The van der Waals surface area contributed by atoms with Crippen LogP contribution in [0.5, 0.6) is 23.0 Å². The molecule has 0 aliphatic carbocycles. The molecular weight excluding hydrogens is 562 g/mol. The van der Waals surface area contributed by atoms with E-state index in [0.29, 0.717) is 67.2 Å². The molecule has 0 atom stereocenters. The van der Waals surface area contributed by atoms with E-state index in [2.05, 4.69) is 4.57 Å². The maximum absolute atomic E-state index is 13.2. The van der Waals surface area contributed by atoms with Crippen LogP contribution in [0.1, 0.15) is 0 Å². The first-order chi connectivity index (χ1) is 21.3. The van der Waals surface area contributed by atoms with Crippen LogP contribution in [0.2, 0.25) is 0 Å². The Bertz CT molecular complexity index is 2230. The molecule has 3 heterocycles. The van der Waals surface area contributed by atoms with Gasteiger partial charge in [0, 0.05) is 53.1 Å². The van der Waals surface area contributed by atoms with Gasteiger partial charge in [-0.15, -0.1) is 0 Å². The highest BCUT2D eigenvalue weighted by Gasteiger charge is 2.18. The fourth-order valence-corrected chi connectivity index (χ4v) is 5.85. The molecule has 9 nitrogen and oxygen atoms in total. The second-order valence-corrected chi connectivity index (χ2v) is 10.4. The van der Waals surface area contributed by atoms with Gasteiger partial charge in [-0.3, -0.25) is 0 Å². The van der Waals surface area contributed by atoms with Gasteiger partial charge in [0.2, 0.25) is 0 Å². The van der Waals surface area contributed by atoms with Gasteiger partial charge in [-0.05, 0) is 47.5 Å². The van der Waals surface area contributed by atoms with Crippen LogP contribution < -0.4 is 30.2 Å². The van der Waals surface area contributed by atoms with E-state index in [1.807, 2.05) is 43.4 Å². The Kier molecular flexibility index (Phi) is 6.32. The predicted octanol–water partition coefficient (Wildman–Crippen LogP) is 6.91. The molecule has 7 aromatic rings. The van der Waals surface area contributed by atoms with Gasteiger partial charge in [-0.1, -0.05) is 12.1 Å². The van der Waals surface area contributed by atoms with Gasteiger partial charge in [-0.25, -0.2) is 9.59 Å². The minimum absolute atomic E-state index is 0.370. The minimum Gasteiger partial charge on any atom is -0.496 e. The number of fused-ring (bicyclic) bond motifs is 5. The summed E-state index contributed by atoms with van der Waals surface area (Å²) in [5, 5.41) is 3.13. The lowest BCUT2D eigenvalue weighted by molar-refractivity contribution is 0.395. The zero-order valence-corrected chi connectivity index (χ0v) is 24.6. The van der Waals surface area contributed by atoms with Crippen LogP contribution in [0, 0.1) is 0 Å². The number of hydrogen-bond acceptors (Lipinski definition) is 8. The maximum atomic E-state index is 13.2. The van der Waals surface area contributed by atoms with Gasteiger partial charge in [-0.2, -0.15) is 0 Å². The summed E-state index contributed by atoms with van der Waals surface area (Å²) in [7, 11) is 8.18. The summed E-state index contributed by atoms with van der Waals surface area (Å²) in [4.78, 5) is 26.4. The van der Waals surface area contributed by atoms with Crippen LogP contribution in [0.3, 0.4) is 0 Å². The molecule has 4 aromatic carbocycles. The average Bonchev–Trinajstić information content (AvgIpc) is 3.32. The van der Waals surface area contributed by atoms with E-state index < -0.39 is 11.3 Å². The lowest BCUT2D eigenvalue weighted by atomic mass is 10.0. The molecule has 0 amide bonds. The Morgan fingerprint density at radius 3 is 1.34 bits per heavy atom. The molecule has 0 aliphatic rings. The van der Waals surface area contributed by atoms with Gasteiger partial charge < -0.3 is 32.3 Å². The number of methoxy groups -OCH3 is 4. The molecule has 9 heteroatoms. The quantitative estimate of drug-likeness (QED) is 0.193. The largest absolute Gasteiger partial charge is 0.496 e. The number of ether oxygens (including phenoxy) is 4. The molecule has 0 saturated carbocycles. The number of rotatable bonds is 6. The Balaban J connectivity index is 1.42. The highest BCUT2D eigenvalue weighted by Crippen LogP contribution is 2.37. The molecule has 44 heavy (non-hydrogen) atoms. The average molecular weight is 590 g/mol. The van der Waals surface area contributed by atoms with E-state index in [1.165, 1.54) is 0 Å². The van der Waals surface area contributed by atoms with Crippen molar-refractivity contribution < 1.29 is 27.8 Å². The number of hydrogen-bond donors (Lipinski definition) is 0. The van der Waals surface area contributed by atoms with Crippen molar-refractivity contribution in [1.29, 1.82) is 0 Å². The van der Waals surface area contributed by atoms with E-state index in [9.17, 15) is 9.59 Å². The summed E-state index contributed by atoms with van der Waals surface area (Å²) in [6.45, 7) is 0. The van der Waals surface area contributed by atoms with Gasteiger partial charge in [0.05, 0.1) is 50.3 Å². The molecule has 220 valence electrons. The fourth-order valence-electron chi connectivity index (χ4n) is 5.85. The third-order valence-corrected chi connectivity index (χ3v) is 8.12. The smallest absolute Gasteiger partial charge is 0.344 e. The molecule has 0 N–H and O–H groups in total. The molecular formula is C35H27NO8. The fraction of sp³-hybridized carbons (Fsp3) is 0.143. The van der Waals surface area contributed by atoms with E-state index in [-0.39, 0.29) is 0 Å². The van der Waals surface area contributed by atoms with Crippen LogP contribution in [-0.2, 0) is 7.05 Å². The highest BCUT2D eigenvalue weighted by atomic mass is 16.5. The van der Waals surface area contributed by atoms with Crippen molar-refractivity contribution >= 4 is 43.7 Å². The van der Waals surface area contributed by atoms with E-state index in [1.54, 1.807) is 64.8 Å². The van der Waals surface area contributed by atoms with Gasteiger partial charge >= 0.3 is 11.3 Å². The van der Waals surface area contributed by atoms with Crippen molar-refractivity contribution in [2.45, 2.75) is 0 Å². The van der Waals surface area contributed by atoms with Crippen molar-refractivity contribution in [3.05, 3.63) is 93.6 Å². The zero-order valence-electron chi connectivity index (χ0n) is 24.6. The van der Waals surface area contributed by atoms with E-state index >= 15 is 0 Å². The summed E-state index contributed by atoms with van der Waals surface area (Å²) in [6.07, 6.45) is 0. The van der Waals surface area contributed by atoms with E-state index in [0.717, 1.165) is 21.8 Å². The third-order valence-electron chi connectivity index (χ3n) is 8.12. The van der Waals surface area contributed by atoms with Gasteiger partial charge in [0.25, 0.3) is 0 Å². The molecule has 0 spiro atoms. The lowest BCUT2D eigenvalue weighted by Crippen LogP contribution is -2.03. The summed E-state index contributed by atoms with van der Waals surface area (Å²) >= 11 is 0. The van der Waals surface area contributed by atoms with Crippen LogP contribution in [0.15, 0.2) is 91.2 Å². The van der Waals surface area contributed by atoms with Gasteiger partial charge in [0.15, 0.2) is 0 Å². The molecule has 0 saturated heterocycles. The molecule has 3 aromatic heterocycles. The molecule has 0 radical (unpaired) electrons. The van der Waals surface area contributed by atoms with Crippen LogP contribution in [0.25, 0.3) is 66.0 Å². The minimum atomic E-state index is -0.479. The monoisotopic (exact) mass is 589 g/mol. The van der Waals surface area contributed by atoms with Crippen molar-refractivity contribution in [3.63, 3.8) is 0 Å². The second-order valence-electron chi connectivity index (χ2n) is 10.4. The van der Waals surface area contributed by atoms with E-state index in [4.69, 9.17) is 27.8 Å². The lowest BCUT2D eigenvalue weighted by Gasteiger charge is -2.10. The topological polar surface area (TPSA) is 102 Å². The third kappa shape index (κ3) is 4.16. The summed E-state index contributed by atoms with van der Waals surface area (Å²) in [5.74, 6) is 2.11. The first-order valence-electron chi connectivity index (χ1n) is 13.8. The van der Waals surface area contributed by atoms with Crippen molar-refractivity contribution in [2.75, 3.05) is 28.4 Å². The van der Waals surface area contributed by atoms with Gasteiger partial charge in [0.1, 0.15) is 34.2 Å². The Morgan fingerprint density at radius 1 is 0.523 bits per heavy atom. The standard InChI is InChI=1S/C35H27NO8/c1-36-28-8-6-18(22-16-26-30(41-4)12-20(39-2)14-32(26)43-34(22)37)10-24(28)25-11-19(7-9-29(25)36)23-17-27-31(42-5)13-21(40-3)15-33(27)44-35(23)38/h6-17H,1-5H3. The summed E-state index contributed by atoms with van der Waals surface area (Å²) in [6, 6.07) is 22.0. The van der Waals surface area contributed by atoms with Crippen LogP contribution >= 0.6 is 0 Å². The molecule has 0 unspecified atom stereocenters. The van der Waals surface area contributed by atoms with Crippen LogP contribution in [-0.4, -0.2) is 33.0 Å². The SMILES string of the molecule is COc1cc(OC)c2cc(-c3ccc4c(c3)c3cc(-c5cc6c(OC)cc(OC)cc6oc5=O)ccc3n4C)c(=O)oc2c1. The van der Waals surface area contributed by atoms with Crippen molar-refractivity contribution in [1.82, 2.24) is 4.57 Å². The maximum Gasteiger partial charge on any atom is 0.344 e. The summed E-state index contributed by atoms with van der Waals surface area (Å²) in [5.41, 5.74) is 3.88. The number of aromatic nitrogens is 1.